The van der Waals surface area contributed by atoms with Crippen LogP contribution in [0.15, 0.2) is 24.3 Å². The maximum atomic E-state index is 6.17. The highest BCUT2D eigenvalue weighted by atomic mass is 35.5. The fourth-order valence-electron chi connectivity index (χ4n) is 2.66. The van der Waals surface area contributed by atoms with E-state index in [0.717, 1.165) is 12.3 Å². The Bertz CT molecular complexity index is 375. The second-order valence-electron chi connectivity index (χ2n) is 5.18. The van der Waals surface area contributed by atoms with Crippen LogP contribution >= 0.6 is 11.6 Å². The lowest BCUT2D eigenvalue weighted by atomic mass is 9.83. The van der Waals surface area contributed by atoms with Crippen LogP contribution in [0.5, 0.6) is 5.75 Å². The molecule has 0 bridgehead atoms. The molecular formula is C15H22ClNO. The highest BCUT2D eigenvalue weighted by molar-refractivity contribution is 6.18. The minimum Gasteiger partial charge on any atom is -0.497 e. The van der Waals surface area contributed by atoms with Gasteiger partial charge in [0.25, 0.3) is 0 Å². The molecule has 0 aromatic heterocycles. The van der Waals surface area contributed by atoms with Crippen molar-refractivity contribution in [3.63, 3.8) is 0 Å². The Morgan fingerprint density at radius 1 is 1.28 bits per heavy atom. The number of rotatable bonds is 5. The highest BCUT2D eigenvalue weighted by Crippen LogP contribution is 2.29. The molecule has 0 heterocycles. The fraction of sp³-hybridized carbons (Fsp3) is 0.600. The summed E-state index contributed by atoms with van der Waals surface area (Å²) in [6.07, 6.45) is 6.32. The molecule has 0 radical (unpaired) electrons. The van der Waals surface area contributed by atoms with Crippen LogP contribution in [-0.2, 0) is 6.54 Å². The minimum atomic E-state index is 0.142. The molecule has 0 aliphatic heterocycles. The smallest absolute Gasteiger partial charge is 0.119 e. The van der Waals surface area contributed by atoms with E-state index >= 15 is 0 Å². The first-order chi connectivity index (χ1) is 8.78. The van der Waals surface area contributed by atoms with Crippen molar-refractivity contribution in [3.05, 3.63) is 29.8 Å². The van der Waals surface area contributed by atoms with E-state index in [1.807, 2.05) is 12.1 Å². The molecule has 0 saturated heterocycles. The third-order valence-electron chi connectivity index (χ3n) is 3.87. The van der Waals surface area contributed by atoms with E-state index in [1.54, 1.807) is 7.11 Å². The molecule has 1 aliphatic rings. The van der Waals surface area contributed by atoms with Crippen LogP contribution < -0.4 is 10.1 Å². The van der Waals surface area contributed by atoms with E-state index in [9.17, 15) is 0 Å². The maximum absolute atomic E-state index is 6.17. The van der Waals surface area contributed by atoms with Gasteiger partial charge in [-0.1, -0.05) is 31.4 Å². The zero-order valence-corrected chi connectivity index (χ0v) is 11.8. The molecule has 100 valence electrons. The molecule has 2 rings (SSSR count). The molecule has 1 saturated carbocycles. The Balaban J connectivity index is 1.96. The monoisotopic (exact) mass is 267 g/mol. The van der Waals surface area contributed by atoms with E-state index in [2.05, 4.69) is 17.4 Å². The molecule has 0 amide bonds. The molecular weight excluding hydrogens is 246 g/mol. The molecule has 1 aliphatic carbocycles. The van der Waals surface area contributed by atoms with Gasteiger partial charge in [-0.3, -0.25) is 0 Å². The van der Waals surface area contributed by atoms with Gasteiger partial charge in [-0.15, -0.1) is 11.6 Å². The summed E-state index contributed by atoms with van der Waals surface area (Å²) >= 11 is 6.17. The normalized spacial score (nSPS) is 18.6. The van der Waals surface area contributed by atoms with E-state index in [4.69, 9.17) is 16.3 Å². The highest BCUT2D eigenvalue weighted by Gasteiger charge is 2.30. The van der Waals surface area contributed by atoms with Crippen molar-refractivity contribution in [2.45, 2.75) is 44.2 Å². The lowest BCUT2D eigenvalue weighted by Crippen LogP contribution is -2.48. The Labute approximate surface area is 115 Å². The van der Waals surface area contributed by atoms with Crippen molar-refractivity contribution >= 4 is 11.6 Å². The number of hydrogen-bond acceptors (Lipinski definition) is 2. The fourth-order valence-corrected chi connectivity index (χ4v) is 3.02. The molecule has 2 nitrogen and oxygen atoms in total. The predicted molar refractivity (Wildman–Crippen MR) is 76.4 cm³/mol. The summed E-state index contributed by atoms with van der Waals surface area (Å²) in [4.78, 5) is 0. The van der Waals surface area contributed by atoms with Crippen LogP contribution in [-0.4, -0.2) is 18.5 Å². The zero-order chi connectivity index (χ0) is 12.8. The SMILES string of the molecule is COc1cccc(CNC2(CCl)CCCCC2)c1. The Kier molecular flexibility index (Phi) is 4.90. The van der Waals surface area contributed by atoms with Crippen LogP contribution in [0.3, 0.4) is 0 Å². The van der Waals surface area contributed by atoms with Crippen molar-refractivity contribution in [2.24, 2.45) is 0 Å². The van der Waals surface area contributed by atoms with Crippen LogP contribution in [0.1, 0.15) is 37.7 Å². The van der Waals surface area contributed by atoms with E-state index in [-0.39, 0.29) is 5.54 Å². The summed E-state index contributed by atoms with van der Waals surface area (Å²) in [5, 5.41) is 3.66. The van der Waals surface area contributed by atoms with Crippen molar-refractivity contribution < 1.29 is 4.74 Å². The summed E-state index contributed by atoms with van der Waals surface area (Å²) in [5.41, 5.74) is 1.40. The lowest BCUT2D eigenvalue weighted by Gasteiger charge is -2.36. The standard InChI is InChI=1S/C15H22ClNO/c1-18-14-7-5-6-13(10-14)11-17-15(12-16)8-3-2-4-9-15/h5-7,10,17H,2-4,8-9,11-12H2,1H3. The van der Waals surface area contributed by atoms with E-state index < -0.39 is 0 Å². The van der Waals surface area contributed by atoms with Crippen molar-refractivity contribution in [1.29, 1.82) is 0 Å². The molecule has 0 atom stereocenters. The summed E-state index contributed by atoms with van der Waals surface area (Å²) in [7, 11) is 1.70. The van der Waals surface area contributed by atoms with E-state index in [0.29, 0.717) is 5.88 Å². The first-order valence-electron chi connectivity index (χ1n) is 6.72. The zero-order valence-electron chi connectivity index (χ0n) is 11.0. The van der Waals surface area contributed by atoms with Gasteiger partial charge in [0.15, 0.2) is 0 Å². The summed E-state index contributed by atoms with van der Waals surface area (Å²) in [6, 6.07) is 8.21. The molecule has 1 aromatic rings. The van der Waals surface area contributed by atoms with Gasteiger partial charge >= 0.3 is 0 Å². The average molecular weight is 268 g/mol. The number of alkyl halides is 1. The number of benzene rings is 1. The lowest BCUT2D eigenvalue weighted by molar-refractivity contribution is 0.256. The quantitative estimate of drug-likeness (QED) is 0.821. The first kappa shape index (κ1) is 13.7. The third-order valence-corrected chi connectivity index (χ3v) is 4.38. The molecule has 1 N–H and O–H groups in total. The third kappa shape index (κ3) is 3.39. The second-order valence-corrected chi connectivity index (χ2v) is 5.45. The summed E-state index contributed by atoms with van der Waals surface area (Å²) < 4.78 is 5.24. The molecule has 3 heteroatoms. The van der Waals surface area contributed by atoms with Gasteiger partial charge in [0.1, 0.15) is 5.75 Å². The van der Waals surface area contributed by atoms with E-state index in [1.165, 1.54) is 37.7 Å². The molecule has 0 spiro atoms. The van der Waals surface area contributed by atoms with Crippen molar-refractivity contribution in [1.82, 2.24) is 5.32 Å². The summed E-state index contributed by atoms with van der Waals surface area (Å²) in [5.74, 6) is 1.62. The largest absolute Gasteiger partial charge is 0.497 e. The van der Waals surface area contributed by atoms with Gasteiger partial charge in [-0.2, -0.15) is 0 Å². The van der Waals surface area contributed by atoms with Crippen molar-refractivity contribution in [2.75, 3.05) is 13.0 Å². The van der Waals surface area contributed by atoms with Crippen LogP contribution in [0.25, 0.3) is 0 Å². The number of hydrogen-bond donors (Lipinski definition) is 1. The predicted octanol–water partition coefficient (Wildman–Crippen LogP) is 3.73. The van der Waals surface area contributed by atoms with Crippen LogP contribution in [0.4, 0.5) is 0 Å². The van der Waals surface area contributed by atoms with Gasteiger partial charge < -0.3 is 10.1 Å². The Hall–Kier alpha value is -0.730. The molecule has 1 aromatic carbocycles. The first-order valence-corrected chi connectivity index (χ1v) is 7.25. The number of methoxy groups -OCH3 is 1. The average Bonchev–Trinajstić information content (AvgIpc) is 2.46. The Morgan fingerprint density at radius 2 is 2.06 bits per heavy atom. The molecule has 18 heavy (non-hydrogen) atoms. The molecule has 1 fully saturated rings. The molecule has 0 unspecified atom stereocenters. The number of ether oxygens (including phenoxy) is 1. The van der Waals surface area contributed by atoms with Gasteiger partial charge in [-0.05, 0) is 30.5 Å². The maximum Gasteiger partial charge on any atom is 0.119 e. The van der Waals surface area contributed by atoms with Gasteiger partial charge in [0.2, 0.25) is 0 Å². The summed E-state index contributed by atoms with van der Waals surface area (Å²) in [6.45, 7) is 0.865. The van der Waals surface area contributed by atoms with Gasteiger partial charge in [0, 0.05) is 18.0 Å². The van der Waals surface area contributed by atoms with Gasteiger partial charge in [-0.25, -0.2) is 0 Å². The number of nitrogens with one attached hydrogen (secondary N) is 1. The number of halogens is 1. The second kappa shape index (κ2) is 6.44. The van der Waals surface area contributed by atoms with Gasteiger partial charge in [0.05, 0.1) is 7.11 Å². The minimum absolute atomic E-state index is 0.142. The van der Waals surface area contributed by atoms with Crippen LogP contribution in [0, 0.1) is 0 Å². The van der Waals surface area contributed by atoms with Crippen LogP contribution in [0.2, 0.25) is 0 Å². The Morgan fingerprint density at radius 3 is 2.72 bits per heavy atom. The topological polar surface area (TPSA) is 21.3 Å². The van der Waals surface area contributed by atoms with Crippen molar-refractivity contribution in [3.8, 4) is 5.75 Å².